The summed E-state index contributed by atoms with van der Waals surface area (Å²) in [7, 11) is 1.49. The van der Waals surface area contributed by atoms with Crippen LogP contribution < -0.4 is 24.7 Å². The van der Waals surface area contributed by atoms with Crippen LogP contribution in [0.25, 0.3) is 0 Å². The molecule has 0 aromatic heterocycles. The molecular weight excluding hydrogens is 456 g/mol. The van der Waals surface area contributed by atoms with Gasteiger partial charge in [0, 0.05) is 11.6 Å². The molecule has 1 unspecified atom stereocenters. The summed E-state index contributed by atoms with van der Waals surface area (Å²) >= 11 is 0. The molecule has 184 valence electrons. The number of nitrogens with two attached hydrogens (primary N) is 1. The molecule has 3 aromatic carbocycles. The number of para-hydroxylation sites is 1. The average Bonchev–Trinajstić information content (AvgIpc) is 2.87. The van der Waals surface area contributed by atoms with Crippen LogP contribution in [0.4, 0.5) is 0 Å². The van der Waals surface area contributed by atoms with Gasteiger partial charge in [-0.25, -0.2) is 4.79 Å². The van der Waals surface area contributed by atoms with Crippen molar-refractivity contribution in [2.45, 2.75) is 26.2 Å². The molecule has 4 rings (SSSR count). The zero-order valence-corrected chi connectivity index (χ0v) is 20.5. The first kappa shape index (κ1) is 24.7. The summed E-state index contributed by atoms with van der Waals surface area (Å²) in [6.07, 6.45) is 0.941. The number of ether oxygens (including phenoxy) is 4. The average molecular weight is 485 g/mol. The summed E-state index contributed by atoms with van der Waals surface area (Å²) in [4.78, 5) is 12.7. The number of esters is 1. The molecule has 7 nitrogen and oxygen atoms in total. The van der Waals surface area contributed by atoms with Crippen LogP contribution in [0.5, 0.6) is 23.0 Å². The highest BCUT2D eigenvalue weighted by atomic mass is 16.5. The van der Waals surface area contributed by atoms with Crippen molar-refractivity contribution < 1.29 is 23.7 Å². The van der Waals surface area contributed by atoms with E-state index in [9.17, 15) is 10.1 Å². The molecular formula is C29H28N2O5. The fourth-order valence-electron chi connectivity index (χ4n) is 4.01. The third-order valence-corrected chi connectivity index (χ3v) is 5.88. The topological polar surface area (TPSA) is 104 Å². The van der Waals surface area contributed by atoms with E-state index < -0.39 is 11.9 Å². The number of methoxy groups -OCH3 is 1. The minimum absolute atomic E-state index is 0.00864. The predicted octanol–water partition coefficient (Wildman–Crippen LogP) is 5.56. The van der Waals surface area contributed by atoms with E-state index in [2.05, 4.69) is 19.9 Å². The lowest BCUT2D eigenvalue weighted by Gasteiger charge is -2.27. The number of fused-ring (bicyclic) bond motifs is 1. The zero-order chi connectivity index (χ0) is 25.7. The molecule has 0 saturated heterocycles. The minimum atomic E-state index is -0.563. The van der Waals surface area contributed by atoms with Crippen LogP contribution >= 0.6 is 0 Å². The fraction of sp³-hybridized carbons (Fsp3) is 0.241. The fourth-order valence-corrected chi connectivity index (χ4v) is 4.01. The smallest absolute Gasteiger partial charge is 0.347 e. The maximum Gasteiger partial charge on any atom is 0.347 e. The van der Waals surface area contributed by atoms with Gasteiger partial charge in [-0.1, -0.05) is 44.2 Å². The number of carbonyl (C=O) groups excluding carboxylic acids is 1. The second-order valence-corrected chi connectivity index (χ2v) is 8.82. The highest BCUT2D eigenvalue weighted by Crippen LogP contribution is 2.44. The number of carbonyl (C=O) groups is 1. The van der Waals surface area contributed by atoms with Crippen LogP contribution in [0.1, 0.15) is 47.7 Å². The van der Waals surface area contributed by atoms with E-state index in [1.807, 2.05) is 24.3 Å². The first-order chi connectivity index (χ1) is 17.4. The summed E-state index contributed by atoms with van der Waals surface area (Å²) < 4.78 is 22.5. The molecule has 0 saturated carbocycles. The van der Waals surface area contributed by atoms with Gasteiger partial charge in [0.05, 0.1) is 19.6 Å². The van der Waals surface area contributed by atoms with Gasteiger partial charge in [0.25, 0.3) is 0 Å². The second kappa shape index (κ2) is 10.9. The number of allylic oxidation sites excluding steroid dienone is 1. The van der Waals surface area contributed by atoms with Gasteiger partial charge >= 0.3 is 5.97 Å². The van der Waals surface area contributed by atoms with Crippen LogP contribution in [0.2, 0.25) is 0 Å². The van der Waals surface area contributed by atoms with Crippen LogP contribution in [0.15, 0.2) is 78.2 Å². The first-order valence-corrected chi connectivity index (χ1v) is 11.7. The third kappa shape index (κ3) is 5.28. The van der Waals surface area contributed by atoms with E-state index in [-0.39, 0.29) is 11.6 Å². The van der Waals surface area contributed by atoms with Gasteiger partial charge in [-0.2, -0.15) is 5.26 Å². The Balaban J connectivity index is 1.64. The van der Waals surface area contributed by atoms with Crippen molar-refractivity contribution in [1.29, 1.82) is 5.26 Å². The van der Waals surface area contributed by atoms with Gasteiger partial charge in [-0.15, -0.1) is 0 Å². The van der Waals surface area contributed by atoms with E-state index in [4.69, 9.17) is 24.7 Å². The van der Waals surface area contributed by atoms with Gasteiger partial charge in [0.1, 0.15) is 40.2 Å². The van der Waals surface area contributed by atoms with Gasteiger partial charge in [0.2, 0.25) is 5.88 Å². The summed E-state index contributed by atoms with van der Waals surface area (Å²) in [5.74, 6) is 1.36. The predicted molar refractivity (Wildman–Crippen MR) is 135 cm³/mol. The maximum atomic E-state index is 12.7. The minimum Gasteiger partial charge on any atom is -0.496 e. The van der Waals surface area contributed by atoms with Crippen molar-refractivity contribution in [1.82, 2.24) is 0 Å². The lowest BCUT2D eigenvalue weighted by Crippen LogP contribution is -2.21. The molecule has 36 heavy (non-hydrogen) atoms. The molecule has 0 amide bonds. The van der Waals surface area contributed by atoms with E-state index in [0.29, 0.717) is 35.2 Å². The largest absolute Gasteiger partial charge is 0.496 e. The van der Waals surface area contributed by atoms with Crippen molar-refractivity contribution in [3.8, 4) is 29.1 Å². The number of hydrogen-bond donors (Lipinski definition) is 1. The Morgan fingerprint density at radius 1 is 1.08 bits per heavy atom. The Hall–Kier alpha value is -4.44. The second-order valence-electron chi connectivity index (χ2n) is 8.82. The molecule has 1 aliphatic rings. The molecule has 2 N–H and O–H groups in total. The van der Waals surface area contributed by atoms with E-state index in [0.717, 1.165) is 23.3 Å². The molecule has 0 fully saturated rings. The normalized spacial score (nSPS) is 14.5. The number of benzene rings is 3. The van der Waals surface area contributed by atoms with E-state index >= 15 is 0 Å². The summed E-state index contributed by atoms with van der Waals surface area (Å²) in [5.41, 5.74) is 8.33. The Kier molecular flexibility index (Phi) is 7.45. The molecule has 0 aliphatic carbocycles. The van der Waals surface area contributed by atoms with Crippen LogP contribution in [0.3, 0.4) is 0 Å². The van der Waals surface area contributed by atoms with Crippen LogP contribution in [-0.4, -0.2) is 19.7 Å². The molecule has 0 spiro atoms. The molecule has 1 aliphatic heterocycles. The van der Waals surface area contributed by atoms with Gasteiger partial charge in [0.15, 0.2) is 0 Å². The Morgan fingerprint density at radius 3 is 2.64 bits per heavy atom. The van der Waals surface area contributed by atoms with E-state index in [1.54, 1.807) is 42.5 Å². The molecule has 1 atom stereocenters. The van der Waals surface area contributed by atoms with Crippen LogP contribution in [0, 0.1) is 17.2 Å². The summed E-state index contributed by atoms with van der Waals surface area (Å²) in [6.45, 7) is 4.90. The summed E-state index contributed by atoms with van der Waals surface area (Å²) in [6, 6.07) is 21.7. The van der Waals surface area contributed by atoms with Gasteiger partial charge in [-0.05, 0) is 48.2 Å². The first-order valence-electron chi connectivity index (χ1n) is 11.7. The highest BCUT2D eigenvalue weighted by molar-refractivity contribution is 5.94. The monoisotopic (exact) mass is 484 g/mol. The molecule has 0 bridgehead atoms. The van der Waals surface area contributed by atoms with Crippen molar-refractivity contribution >= 4 is 5.97 Å². The molecule has 0 radical (unpaired) electrons. The SMILES string of the molecule is COc1ccccc1C(=O)Oc1ccc2c(c1)OC(N)=C(C#N)C2c1cccc(OCCC(C)C)c1. The van der Waals surface area contributed by atoms with Crippen molar-refractivity contribution in [3.63, 3.8) is 0 Å². The number of nitriles is 1. The highest BCUT2D eigenvalue weighted by Gasteiger charge is 2.31. The standard InChI is InChI=1S/C29H28N2O5/c1-18(2)13-14-34-20-8-6-7-19(15-20)27-22-12-11-21(16-26(22)36-28(31)24(27)17-30)35-29(32)23-9-4-5-10-25(23)33-3/h4-12,15-16,18,27H,13-14,31H2,1-3H3. The summed E-state index contributed by atoms with van der Waals surface area (Å²) in [5, 5.41) is 9.86. The van der Waals surface area contributed by atoms with Crippen molar-refractivity contribution in [2.75, 3.05) is 13.7 Å². The van der Waals surface area contributed by atoms with Gasteiger partial charge in [-0.3, -0.25) is 0 Å². The Labute approximate surface area is 210 Å². The van der Waals surface area contributed by atoms with E-state index in [1.165, 1.54) is 7.11 Å². The number of nitrogens with zero attached hydrogens (tertiary/aromatic N) is 1. The third-order valence-electron chi connectivity index (χ3n) is 5.88. The Morgan fingerprint density at radius 2 is 1.89 bits per heavy atom. The van der Waals surface area contributed by atoms with Gasteiger partial charge < -0.3 is 24.7 Å². The Bertz CT molecular complexity index is 1340. The lowest BCUT2D eigenvalue weighted by atomic mass is 9.83. The van der Waals surface area contributed by atoms with Crippen molar-refractivity contribution in [2.24, 2.45) is 11.7 Å². The molecule has 7 heteroatoms. The maximum absolute atomic E-state index is 12.7. The lowest BCUT2D eigenvalue weighted by molar-refractivity contribution is 0.0731. The molecule has 1 heterocycles. The molecule has 3 aromatic rings. The van der Waals surface area contributed by atoms with Crippen LogP contribution in [-0.2, 0) is 0 Å². The number of rotatable bonds is 8. The zero-order valence-electron chi connectivity index (χ0n) is 20.5. The quantitative estimate of drug-likeness (QED) is 0.330. The van der Waals surface area contributed by atoms with Crippen molar-refractivity contribution in [3.05, 3.63) is 94.9 Å². The number of hydrogen-bond acceptors (Lipinski definition) is 7.